The van der Waals surface area contributed by atoms with Gasteiger partial charge in [0, 0.05) is 6.42 Å². The SMILES string of the molecule is CCCC(=O)OCCOCCOCCOCCOCCOCCOCCOCCOCCOCCOCCOC(=O)c1ccccc1. The second-order valence-corrected chi connectivity index (χ2v) is 9.60. The summed E-state index contributed by atoms with van der Waals surface area (Å²) in [6.07, 6.45) is 1.22. The van der Waals surface area contributed by atoms with Crippen LogP contribution in [-0.4, -0.2) is 157 Å². The van der Waals surface area contributed by atoms with Gasteiger partial charge in [0.1, 0.15) is 13.2 Å². The van der Waals surface area contributed by atoms with Gasteiger partial charge in [0.25, 0.3) is 0 Å². The van der Waals surface area contributed by atoms with E-state index in [0.29, 0.717) is 144 Å². The molecule has 0 aromatic heterocycles. The second-order valence-electron chi connectivity index (χ2n) is 9.60. The Balaban J connectivity index is 1.64. The van der Waals surface area contributed by atoms with Gasteiger partial charge >= 0.3 is 11.9 Å². The van der Waals surface area contributed by atoms with Crippen LogP contribution < -0.4 is 0 Å². The summed E-state index contributed by atoms with van der Waals surface area (Å²) in [5.41, 5.74) is 0.522. The summed E-state index contributed by atoms with van der Waals surface area (Å²) in [5.74, 6) is -0.552. The summed E-state index contributed by atoms with van der Waals surface area (Å²) in [6, 6.07) is 8.84. The number of rotatable bonds is 36. The molecule has 1 aromatic carbocycles. The van der Waals surface area contributed by atoms with Gasteiger partial charge in [0.15, 0.2) is 0 Å². The fraction of sp³-hybridized carbons (Fsp3) is 0.758. The minimum Gasteiger partial charge on any atom is -0.463 e. The van der Waals surface area contributed by atoms with Crippen molar-refractivity contribution in [1.29, 1.82) is 0 Å². The highest BCUT2D eigenvalue weighted by atomic mass is 16.6. The van der Waals surface area contributed by atoms with Gasteiger partial charge in [0.05, 0.1) is 138 Å². The van der Waals surface area contributed by atoms with Crippen LogP contribution in [0.5, 0.6) is 0 Å². The Morgan fingerprint density at radius 3 is 0.979 bits per heavy atom. The molecule has 0 bridgehead atoms. The topological polar surface area (TPSA) is 145 Å². The van der Waals surface area contributed by atoms with Gasteiger partial charge in [-0.05, 0) is 18.6 Å². The Bertz CT molecular complexity index is 814. The first-order chi connectivity index (χ1) is 23.2. The van der Waals surface area contributed by atoms with E-state index in [1.165, 1.54) is 0 Å². The van der Waals surface area contributed by atoms with E-state index < -0.39 is 0 Å². The molecule has 0 radical (unpaired) electrons. The summed E-state index contributed by atoms with van der Waals surface area (Å²) in [4.78, 5) is 23.0. The second kappa shape index (κ2) is 35.1. The zero-order valence-electron chi connectivity index (χ0n) is 28.1. The molecule has 0 heterocycles. The Hall–Kier alpha value is -2.24. The smallest absolute Gasteiger partial charge is 0.338 e. The molecule has 14 heteroatoms. The molecule has 0 spiro atoms. The molecule has 47 heavy (non-hydrogen) atoms. The van der Waals surface area contributed by atoms with Gasteiger partial charge in [-0.25, -0.2) is 4.79 Å². The Morgan fingerprint density at radius 2 is 0.681 bits per heavy atom. The molecule has 0 aliphatic heterocycles. The lowest BCUT2D eigenvalue weighted by molar-refractivity contribution is -0.145. The molecule has 0 fully saturated rings. The van der Waals surface area contributed by atoms with Gasteiger partial charge in [0.2, 0.25) is 0 Å². The van der Waals surface area contributed by atoms with Crippen molar-refractivity contribution < 1.29 is 66.4 Å². The molecule has 14 nitrogen and oxygen atoms in total. The molecular weight excluding hydrogens is 620 g/mol. The minimum atomic E-state index is -0.359. The number of esters is 2. The highest BCUT2D eigenvalue weighted by Gasteiger charge is 2.05. The monoisotopic (exact) mass is 676 g/mol. The average molecular weight is 677 g/mol. The van der Waals surface area contributed by atoms with Gasteiger partial charge in [-0.3, -0.25) is 4.79 Å². The van der Waals surface area contributed by atoms with E-state index in [-0.39, 0.29) is 25.2 Å². The zero-order valence-corrected chi connectivity index (χ0v) is 28.1. The predicted octanol–water partition coefficient (Wildman–Crippen LogP) is 2.35. The van der Waals surface area contributed by atoms with Crippen molar-refractivity contribution in [3.8, 4) is 0 Å². The molecule has 1 rings (SSSR count). The van der Waals surface area contributed by atoms with E-state index in [2.05, 4.69) is 0 Å². The summed E-state index contributed by atoms with van der Waals surface area (Å²) in [5, 5.41) is 0. The van der Waals surface area contributed by atoms with Gasteiger partial charge in [-0.15, -0.1) is 0 Å². The van der Waals surface area contributed by atoms with Crippen LogP contribution in [0.3, 0.4) is 0 Å². The molecule has 0 aliphatic carbocycles. The lowest BCUT2D eigenvalue weighted by Crippen LogP contribution is -2.16. The van der Waals surface area contributed by atoms with Gasteiger partial charge < -0.3 is 56.8 Å². The highest BCUT2D eigenvalue weighted by Crippen LogP contribution is 2.00. The molecule has 272 valence electrons. The first-order valence-corrected chi connectivity index (χ1v) is 16.4. The quantitative estimate of drug-likeness (QED) is 0.0757. The van der Waals surface area contributed by atoms with Crippen molar-refractivity contribution in [2.75, 3.05) is 145 Å². The van der Waals surface area contributed by atoms with Crippen molar-refractivity contribution in [1.82, 2.24) is 0 Å². The molecule has 0 atom stereocenters. The molecule has 1 aromatic rings. The Morgan fingerprint density at radius 1 is 0.404 bits per heavy atom. The van der Waals surface area contributed by atoms with E-state index in [1.54, 1.807) is 24.3 Å². The van der Waals surface area contributed by atoms with Crippen LogP contribution in [0.15, 0.2) is 30.3 Å². The average Bonchev–Trinajstić information content (AvgIpc) is 3.08. The summed E-state index contributed by atoms with van der Waals surface area (Å²) >= 11 is 0. The molecule has 0 saturated carbocycles. The van der Waals surface area contributed by atoms with Gasteiger partial charge in [-0.2, -0.15) is 0 Å². The summed E-state index contributed by atoms with van der Waals surface area (Å²) < 4.78 is 64.4. The lowest BCUT2D eigenvalue weighted by Gasteiger charge is -2.09. The molecule has 0 N–H and O–H groups in total. The fourth-order valence-corrected chi connectivity index (χ4v) is 3.42. The summed E-state index contributed by atoms with van der Waals surface area (Å²) in [6.45, 7) is 11.6. The molecule has 0 unspecified atom stereocenters. The van der Waals surface area contributed by atoms with Crippen LogP contribution in [0.2, 0.25) is 0 Å². The van der Waals surface area contributed by atoms with Crippen LogP contribution >= 0.6 is 0 Å². The highest BCUT2D eigenvalue weighted by molar-refractivity contribution is 5.89. The van der Waals surface area contributed by atoms with Crippen LogP contribution in [0, 0.1) is 0 Å². The zero-order chi connectivity index (χ0) is 33.7. The van der Waals surface area contributed by atoms with E-state index in [0.717, 1.165) is 6.42 Å². The van der Waals surface area contributed by atoms with Crippen molar-refractivity contribution >= 4 is 11.9 Å². The van der Waals surface area contributed by atoms with E-state index in [4.69, 9.17) is 56.8 Å². The summed E-state index contributed by atoms with van der Waals surface area (Å²) in [7, 11) is 0. The number of hydrogen-bond acceptors (Lipinski definition) is 14. The van der Waals surface area contributed by atoms with Crippen LogP contribution in [0.25, 0.3) is 0 Å². The Labute approximate surface area is 279 Å². The normalized spacial score (nSPS) is 11.2. The van der Waals surface area contributed by atoms with E-state index in [9.17, 15) is 9.59 Å². The third kappa shape index (κ3) is 30.8. The van der Waals surface area contributed by atoms with Gasteiger partial charge in [-0.1, -0.05) is 25.1 Å². The number of hydrogen-bond donors (Lipinski definition) is 0. The van der Waals surface area contributed by atoms with E-state index in [1.807, 2.05) is 13.0 Å². The van der Waals surface area contributed by atoms with Crippen LogP contribution in [0.1, 0.15) is 30.1 Å². The fourth-order valence-electron chi connectivity index (χ4n) is 3.42. The molecule has 0 saturated heterocycles. The standard InChI is InChI=1S/C33H56O14/c1-2-6-32(34)46-29-27-44-25-23-42-21-19-40-17-15-38-13-11-36-9-10-37-12-14-39-16-18-41-20-22-43-24-26-45-28-30-47-33(35)31-7-4-3-5-8-31/h3-5,7-8H,2,6,9-30H2,1H3. The van der Waals surface area contributed by atoms with Crippen molar-refractivity contribution in [3.63, 3.8) is 0 Å². The van der Waals surface area contributed by atoms with Crippen molar-refractivity contribution in [3.05, 3.63) is 35.9 Å². The first-order valence-electron chi connectivity index (χ1n) is 16.4. The molecular formula is C33H56O14. The number of ether oxygens (including phenoxy) is 12. The largest absolute Gasteiger partial charge is 0.463 e. The maximum Gasteiger partial charge on any atom is 0.338 e. The van der Waals surface area contributed by atoms with E-state index >= 15 is 0 Å². The minimum absolute atomic E-state index is 0.192. The number of carbonyl (C=O) groups is 2. The maximum atomic E-state index is 11.8. The third-order valence-corrected chi connectivity index (χ3v) is 5.76. The van der Waals surface area contributed by atoms with Crippen molar-refractivity contribution in [2.24, 2.45) is 0 Å². The Kier molecular flexibility index (Phi) is 31.9. The number of carbonyl (C=O) groups excluding carboxylic acids is 2. The number of benzene rings is 1. The lowest BCUT2D eigenvalue weighted by atomic mass is 10.2. The van der Waals surface area contributed by atoms with Crippen molar-refractivity contribution in [2.45, 2.75) is 19.8 Å². The maximum absolute atomic E-state index is 11.8. The third-order valence-electron chi connectivity index (χ3n) is 5.76. The predicted molar refractivity (Wildman–Crippen MR) is 171 cm³/mol. The molecule has 0 amide bonds. The first kappa shape index (κ1) is 42.8. The van der Waals surface area contributed by atoms with Crippen LogP contribution in [0.4, 0.5) is 0 Å². The molecule has 0 aliphatic rings. The van der Waals surface area contributed by atoms with Crippen LogP contribution in [-0.2, 0) is 61.6 Å².